The normalized spacial score (nSPS) is 13.6. The average Bonchev–Trinajstić information content (AvgIpc) is 2.42. The highest BCUT2D eigenvalue weighted by atomic mass is 15.1. The monoisotopic (exact) mass is 266 g/mol. The van der Waals surface area contributed by atoms with E-state index in [0.717, 1.165) is 6.54 Å². The Bertz CT molecular complexity index is 233. The molecule has 0 aliphatic carbocycles. The molecule has 0 amide bonds. The van der Waals surface area contributed by atoms with Crippen molar-refractivity contribution in [3.63, 3.8) is 0 Å². The summed E-state index contributed by atoms with van der Waals surface area (Å²) in [4.78, 5) is 2.41. The molecular formula is C17H34N2. The molecule has 1 aliphatic heterocycles. The van der Waals surface area contributed by atoms with Gasteiger partial charge in [-0.3, -0.25) is 0 Å². The molecule has 0 saturated carbocycles. The molecule has 19 heavy (non-hydrogen) atoms. The third-order valence-corrected chi connectivity index (χ3v) is 3.68. The van der Waals surface area contributed by atoms with Crippen molar-refractivity contribution in [1.29, 1.82) is 0 Å². The van der Waals surface area contributed by atoms with Crippen molar-refractivity contribution in [3.8, 4) is 0 Å². The molecule has 0 radical (unpaired) electrons. The van der Waals surface area contributed by atoms with Crippen LogP contribution in [0.15, 0.2) is 24.4 Å². The smallest absolute Gasteiger partial charge is 0.0357 e. The summed E-state index contributed by atoms with van der Waals surface area (Å²) < 4.78 is 0. The highest BCUT2D eigenvalue weighted by molar-refractivity contribution is 5.08. The zero-order chi connectivity index (χ0) is 12.9. The Morgan fingerprint density at radius 2 is 1.37 bits per heavy atom. The minimum atomic E-state index is 0. The van der Waals surface area contributed by atoms with Crippen LogP contribution in [0.25, 0.3) is 0 Å². The van der Waals surface area contributed by atoms with Gasteiger partial charge in [0.05, 0.1) is 0 Å². The van der Waals surface area contributed by atoms with Crippen LogP contribution < -0.4 is 6.15 Å². The van der Waals surface area contributed by atoms with E-state index in [0.29, 0.717) is 0 Å². The van der Waals surface area contributed by atoms with E-state index in [4.69, 9.17) is 0 Å². The van der Waals surface area contributed by atoms with Crippen LogP contribution in [0.4, 0.5) is 0 Å². The predicted molar refractivity (Wildman–Crippen MR) is 86.7 cm³/mol. The molecule has 1 heterocycles. The van der Waals surface area contributed by atoms with Crippen LogP contribution in [-0.4, -0.2) is 18.0 Å². The Labute approximate surface area is 120 Å². The summed E-state index contributed by atoms with van der Waals surface area (Å²) in [7, 11) is 0. The second-order valence-corrected chi connectivity index (χ2v) is 5.45. The summed E-state index contributed by atoms with van der Waals surface area (Å²) >= 11 is 0. The van der Waals surface area contributed by atoms with E-state index in [2.05, 4.69) is 36.3 Å². The van der Waals surface area contributed by atoms with Gasteiger partial charge < -0.3 is 11.1 Å². The van der Waals surface area contributed by atoms with Crippen molar-refractivity contribution in [1.82, 2.24) is 11.1 Å². The highest BCUT2D eigenvalue weighted by Gasteiger charge is 1.98. The van der Waals surface area contributed by atoms with Gasteiger partial charge in [-0.25, -0.2) is 0 Å². The summed E-state index contributed by atoms with van der Waals surface area (Å²) in [5.41, 5.74) is 0. The van der Waals surface area contributed by atoms with Crippen molar-refractivity contribution >= 4 is 0 Å². The van der Waals surface area contributed by atoms with Crippen molar-refractivity contribution in [2.45, 2.75) is 71.1 Å². The molecule has 2 nitrogen and oxygen atoms in total. The molecule has 0 atom stereocenters. The van der Waals surface area contributed by atoms with Gasteiger partial charge in [0.1, 0.15) is 0 Å². The van der Waals surface area contributed by atoms with Crippen LogP contribution in [0, 0.1) is 0 Å². The first kappa shape index (κ1) is 18.2. The van der Waals surface area contributed by atoms with Crippen LogP contribution in [0.3, 0.4) is 0 Å². The zero-order valence-electron chi connectivity index (χ0n) is 12.9. The number of unbranched alkanes of at least 4 members (excludes halogenated alkanes) is 9. The van der Waals surface area contributed by atoms with Gasteiger partial charge in [0.2, 0.25) is 0 Å². The van der Waals surface area contributed by atoms with Gasteiger partial charge in [0.25, 0.3) is 0 Å². The Balaban J connectivity index is 0.00000324. The first-order valence-corrected chi connectivity index (χ1v) is 8.01. The number of rotatable bonds is 11. The lowest BCUT2D eigenvalue weighted by molar-refractivity contribution is 0.392. The maximum atomic E-state index is 2.41. The van der Waals surface area contributed by atoms with Gasteiger partial charge in [-0.15, -0.1) is 0 Å². The second-order valence-electron chi connectivity index (χ2n) is 5.45. The highest BCUT2D eigenvalue weighted by Crippen LogP contribution is 2.11. The van der Waals surface area contributed by atoms with E-state index in [9.17, 15) is 0 Å². The lowest BCUT2D eigenvalue weighted by Crippen LogP contribution is -2.19. The maximum Gasteiger partial charge on any atom is 0.0357 e. The van der Waals surface area contributed by atoms with Crippen LogP contribution in [-0.2, 0) is 0 Å². The molecular weight excluding hydrogens is 232 g/mol. The van der Waals surface area contributed by atoms with Crippen LogP contribution >= 0.6 is 0 Å². The quantitative estimate of drug-likeness (QED) is 0.505. The zero-order valence-corrected chi connectivity index (χ0v) is 12.9. The molecule has 0 fully saturated rings. The average molecular weight is 266 g/mol. The van der Waals surface area contributed by atoms with Crippen molar-refractivity contribution in [2.24, 2.45) is 0 Å². The van der Waals surface area contributed by atoms with E-state index >= 15 is 0 Å². The second kappa shape index (κ2) is 13.7. The van der Waals surface area contributed by atoms with E-state index in [1.807, 2.05) is 0 Å². The van der Waals surface area contributed by atoms with E-state index < -0.39 is 0 Å². The molecule has 3 N–H and O–H groups in total. The number of hydrogen-bond acceptors (Lipinski definition) is 2. The Morgan fingerprint density at radius 1 is 0.789 bits per heavy atom. The van der Waals surface area contributed by atoms with Crippen LogP contribution in [0.2, 0.25) is 0 Å². The molecule has 0 aromatic heterocycles. The third-order valence-electron chi connectivity index (χ3n) is 3.68. The number of allylic oxidation sites excluding steroid dienone is 2. The van der Waals surface area contributed by atoms with Crippen molar-refractivity contribution < 1.29 is 0 Å². The van der Waals surface area contributed by atoms with E-state index in [1.54, 1.807) is 0 Å². The molecule has 112 valence electrons. The summed E-state index contributed by atoms with van der Waals surface area (Å²) in [6.07, 6.45) is 23.0. The summed E-state index contributed by atoms with van der Waals surface area (Å²) in [6, 6.07) is 0. The third kappa shape index (κ3) is 10.8. The lowest BCUT2D eigenvalue weighted by atomic mass is 10.1. The number of nitrogens with zero attached hydrogens (tertiary/aromatic N) is 1. The molecule has 0 bridgehead atoms. The molecule has 0 aromatic rings. The first-order valence-electron chi connectivity index (χ1n) is 8.01. The van der Waals surface area contributed by atoms with Crippen LogP contribution in [0.1, 0.15) is 71.1 Å². The number of hydrogen-bond donors (Lipinski definition) is 1. The molecule has 0 unspecified atom stereocenters. The fourth-order valence-electron chi connectivity index (χ4n) is 2.48. The minimum Gasteiger partial charge on any atom is -0.374 e. The molecule has 0 saturated heterocycles. The topological polar surface area (TPSA) is 38.2 Å². The van der Waals surface area contributed by atoms with Gasteiger partial charge in [0.15, 0.2) is 0 Å². The van der Waals surface area contributed by atoms with Gasteiger partial charge in [-0.05, 0) is 18.7 Å². The Hall–Kier alpha value is -0.760. The first-order chi connectivity index (χ1) is 8.93. The summed E-state index contributed by atoms with van der Waals surface area (Å²) in [6.45, 7) is 4.62. The molecule has 1 rings (SSSR count). The minimum absolute atomic E-state index is 0. The fraction of sp³-hybridized carbons (Fsp3) is 0.765. The van der Waals surface area contributed by atoms with Gasteiger partial charge in [0, 0.05) is 13.1 Å². The standard InChI is InChI=1S/C17H31N.H3N/c1-2-3-4-5-6-7-8-9-10-12-15-18-16-13-11-14-17-18;/h11,13-14,16H,2-10,12,15,17H2,1H3;1H3. The van der Waals surface area contributed by atoms with Gasteiger partial charge >= 0.3 is 0 Å². The van der Waals surface area contributed by atoms with E-state index in [1.165, 1.54) is 70.8 Å². The van der Waals surface area contributed by atoms with Gasteiger partial charge in [-0.2, -0.15) is 0 Å². The maximum absolute atomic E-state index is 2.41. The van der Waals surface area contributed by atoms with Gasteiger partial charge in [-0.1, -0.05) is 76.9 Å². The van der Waals surface area contributed by atoms with Crippen LogP contribution in [0.5, 0.6) is 0 Å². The molecule has 0 aromatic carbocycles. The van der Waals surface area contributed by atoms with E-state index in [-0.39, 0.29) is 6.15 Å². The predicted octanol–water partition coefficient (Wildman–Crippen LogP) is 5.45. The largest absolute Gasteiger partial charge is 0.374 e. The summed E-state index contributed by atoms with van der Waals surface area (Å²) in [5.74, 6) is 0. The Kier molecular flexibility index (Phi) is 13.1. The SMILES string of the molecule is CCCCCCCCCCCCN1C=CC=CC1.N. The molecule has 1 aliphatic rings. The van der Waals surface area contributed by atoms with Crippen molar-refractivity contribution in [2.75, 3.05) is 13.1 Å². The summed E-state index contributed by atoms with van der Waals surface area (Å²) in [5, 5.41) is 0. The lowest BCUT2D eigenvalue weighted by Gasteiger charge is -2.20. The molecule has 0 spiro atoms. The molecule has 2 heteroatoms. The van der Waals surface area contributed by atoms with Crippen molar-refractivity contribution in [3.05, 3.63) is 24.4 Å². The fourth-order valence-corrected chi connectivity index (χ4v) is 2.48. The Morgan fingerprint density at radius 3 is 1.89 bits per heavy atom.